The van der Waals surface area contributed by atoms with Crippen LogP contribution in [0.15, 0.2) is 60.7 Å². The standard InChI is InChI=1S/C25H31N3O5/c1-17(27-21(24(30)31)13-12-18-8-4-2-5-9-18)23(29)28-16-20(14-22(28)25(32)33)26-15-19-10-6-3-7-11-19/h2-11,17,20-22,26-27H,12-16H2,1H3,(H,30,31)(H,32,33)/t17-,20-,21-,22-/m0/s1. The number of amides is 1. The Hall–Kier alpha value is -3.23. The van der Waals surface area contributed by atoms with Crippen LogP contribution < -0.4 is 10.6 Å². The van der Waals surface area contributed by atoms with E-state index in [9.17, 15) is 24.6 Å². The van der Waals surface area contributed by atoms with Crippen molar-refractivity contribution in [3.63, 3.8) is 0 Å². The maximum absolute atomic E-state index is 13.1. The average molecular weight is 454 g/mol. The molecule has 0 radical (unpaired) electrons. The Morgan fingerprint density at radius 3 is 2.18 bits per heavy atom. The van der Waals surface area contributed by atoms with Gasteiger partial charge in [0.1, 0.15) is 12.1 Å². The quantitative estimate of drug-likeness (QED) is 0.410. The summed E-state index contributed by atoms with van der Waals surface area (Å²) in [6.45, 7) is 2.43. The van der Waals surface area contributed by atoms with Crippen molar-refractivity contribution in [3.05, 3.63) is 71.8 Å². The van der Waals surface area contributed by atoms with Crippen LogP contribution in [-0.2, 0) is 27.3 Å². The molecule has 3 rings (SSSR count). The zero-order valence-corrected chi connectivity index (χ0v) is 18.7. The second kappa shape index (κ2) is 11.6. The second-order valence-electron chi connectivity index (χ2n) is 8.45. The van der Waals surface area contributed by atoms with Gasteiger partial charge in [0.25, 0.3) is 0 Å². The minimum absolute atomic E-state index is 0.157. The van der Waals surface area contributed by atoms with Crippen LogP contribution in [0.3, 0.4) is 0 Å². The van der Waals surface area contributed by atoms with E-state index in [2.05, 4.69) is 10.6 Å². The lowest BCUT2D eigenvalue weighted by molar-refractivity contribution is -0.149. The SMILES string of the molecule is C[C@H](N[C@@H](CCc1ccccc1)C(=O)O)C(=O)N1C[C@@H](NCc2ccccc2)C[C@H]1C(=O)O. The molecule has 8 nitrogen and oxygen atoms in total. The monoisotopic (exact) mass is 453 g/mol. The fourth-order valence-corrected chi connectivity index (χ4v) is 4.18. The summed E-state index contributed by atoms with van der Waals surface area (Å²) in [6, 6.07) is 16.5. The lowest BCUT2D eigenvalue weighted by atomic mass is 10.0. The third-order valence-corrected chi connectivity index (χ3v) is 5.99. The van der Waals surface area contributed by atoms with Gasteiger partial charge in [-0.05, 0) is 37.3 Å². The van der Waals surface area contributed by atoms with Gasteiger partial charge < -0.3 is 20.4 Å². The first-order chi connectivity index (χ1) is 15.8. The van der Waals surface area contributed by atoms with Gasteiger partial charge >= 0.3 is 11.9 Å². The summed E-state index contributed by atoms with van der Waals surface area (Å²) in [7, 11) is 0. The largest absolute Gasteiger partial charge is 0.480 e. The second-order valence-corrected chi connectivity index (χ2v) is 8.45. The molecule has 0 aromatic heterocycles. The topological polar surface area (TPSA) is 119 Å². The molecule has 176 valence electrons. The predicted octanol–water partition coefficient (Wildman–Crippen LogP) is 1.89. The van der Waals surface area contributed by atoms with Crippen molar-refractivity contribution in [1.29, 1.82) is 0 Å². The molecule has 0 spiro atoms. The number of carbonyl (C=O) groups excluding carboxylic acids is 1. The van der Waals surface area contributed by atoms with Gasteiger partial charge in [-0.25, -0.2) is 4.79 Å². The highest BCUT2D eigenvalue weighted by atomic mass is 16.4. The zero-order valence-electron chi connectivity index (χ0n) is 18.7. The van der Waals surface area contributed by atoms with Gasteiger partial charge in [0.2, 0.25) is 5.91 Å². The molecular weight excluding hydrogens is 422 g/mol. The van der Waals surface area contributed by atoms with Gasteiger partial charge in [-0.1, -0.05) is 60.7 Å². The molecule has 1 amide bonds. The fraction of sp³-hybridized carbons (Fsp3) is 0.400. The van der Waals surface area contributed by atoms with E-state index in [4.69, 9.17) is 0 Å². The van der Waals surface area contributed by atoms with Gasteiger partial charge in [-0.2, -0.15) is 0 Å². The number of likely N-dealkylation sites (tertiary alicyclic amines) is 1. The zero-order chi connectivity index (χ0) is 23.8. The minimum atomic E-state index is -1.06. The van der Waals surface area contributed by atoms with Crippen LogP contribution in [0.4, 0.5) is 0 Å². The lowest BCUT2D eigenvalue weighted by Gasteiger charge is -2.27. The summed E-state index contributed by atoms with van der Waals surface area (Å²) < 4.78 is 0. The third kappa shape index (κ3) is 6.87. The van der Waals surface area contributed by atoms with Crippen LogP contribution in [-0.4, -0.2) is 63.7 Å². The molecule has 33 heavy (non-hydrogen) atoms. The number of benzene rings is 2. The van der Waals surface area contributed by atoms with E-state index >= 15 is 0 Å². The van der Waals surface area contributed by atoms with E-state index < -0.39 is 36.0 Å². The number of rotatable bonds is 11. The smallest absolute Gasteiger partial charge is 0.326 e. The van der Waals surface area contributed by atoms with Crippen molar-refractivity contribution in [2.45, 2.75) is 56.9 Å². The number of nitrogens with one attached hydrogen (secondary N) is 2. The van der Waals surface area contributed by atoms with Crippen molar-refractivity contribution >= 4 is 17.8 Å². The van der Waals surface area contributed by atoms with Gasteiger partial charge in [-0.3, -0.25) is 14.9 Å². The Kier molecular flexibility index (Phi) is 8.57. The van der Waals surface area contributed by atoms with Crippen LogP contribution in [0.2, 0.25) is 0 Å². The Balaban J connectivity index is 1.58. The Morgan fingerprint density at radius 1 is 1.00 bits per heavy atom. The van der Waals surface area contributed by atoms with Crippen LogP contribution in [0.5, 0.6) is 0 Å². The maximum atomic E-state index is 13.1. The normalized spacial score (nSPS) is 19.7. The number of carboxylic acids is 2. The molecule has 1 aliphatic heterocycles. The molecular formula is C25H31N3O5. The predicted molar refractivity (Wildman–Crippen MR) is 124 cm³/mol. The molecule has 4 N–H and O–H groups in total. The summed E-state index contributed by atoms with van der Waals surface area (Å²) in [5.74, 6) is -2.50. The lowest BCUT2D eigenvalue weighted by Crippen LogP contribution is -2.53. The number of nitrogens with zero attached hydrogens (tertiary/aromatic N) is 1. The van der Waals surface area contributed by atoms with E-state index in [-0.39, 0.29) is 12.6 Å². The van der Waals surface area contributed by atoms with Crippen LogP contribution in [0.1, 0.15) is 30.9 Å². The summed E-state index contributed by atoms with van der Waals surface area (Å²) in [5, 5.41) is 25.5. The van der Waals surface area contributed by atoms with E-state index in [1.165, 1.54) is 4.90 Å². The van der Waals surface area contributed by atoms with Crippen molar-refractivity contribution in [3.8, 4) is 0 Å². The van der Waals surface area contributed by atoms with Gasteiger partial charge in [0.15, 0.2) is 0 Å². The van der Waals surface area contributed by atoms with Gasteiger partial charge in [0, 0.05) is 19.1 Å². The first-order valence-electron chi connectivity index (χ1n) is 11.2. The fourth-order valence-electron chi connectivity index (χ4n) is 4.18. The average Bonchev–Trinajstić information content (AvgIpc) is 3.25. The van der Waals surface area contributed by atoms with Crippen molar-refractivity contribution < 1.29 is 24.6 Å². The van der Waals surface area contributed by atoms with Crippen LogP contribution in [0, 0.1) is 0 Å². The molecule has 1 aliphatic rings. The summed E-state index contributed by atoms with van der Waals surface area (Å²) in [4.78, 5) is 38.0. The van der Waals surface area contributed by atoms with Crippen molar-refractivity contribution in [2.24, 2.45) is 0 Å². The molecule has 8 heteroatoms. The van der Waals surface area contributed by atoms with E-state index in [0.717, 1.165) is 11.1 Å². The first-order valence-corrected chi connectivity index (χ1v) is 11.2. The van der Waals surface area contributed by atoms with Crippen LogP contribution in [0.25, 0.3) is 0 Å². The number of hydrogen-bond acceptors (Lipinski definition) is 5. The highest BCUT2D eigenvalue weighted by molar-refractivity contribution is 5.88. The molecule has 1 saturated heterocycles. The molecule has 0 aliphatic carbocycles. The molecule has 0 saturated carbocycles. The molecule has 1 fully saturated rings. The summed E-state index contributed by atoms with van der Waals surface area (Å²) in [5.41, 5.74) is 2.09. The van der Waals surface area contributed by atoms with E-state index in [0.29, 0.717) is 25.8 Å². The molecule has 1 heterocycles. The Morgan fingerprint density at radius 2 is 1.61 bits per heavy atom. The first kappa shape index (κ1) is 24.4. The number of aryl methyl sites for hydroxylation is 1. The maximum Gasteiger partial charge on any atom is 0.326 e. The Bertz CT molecular complexity index is 938. The van der Waals surface area contributed by atoms with E-state index in [1.807, 2.05) is 60.7 Å². The summed E-state index contributed by atoms with van der Waals surface area (Å²) in [6.07, 6.45) is 1.18. The third-order valence-electron chi connectivity index (χ3n) is 5.99. The molecule has 4 atom stereocenters. The van der Waals surface area contributed by atoms with Gasteiger partial charge in [0.05, 0.1) is 6.04 Å². The highest BCUT2D eigenvalue weighted by Crippen LogP contribution is 2.20. The molecule has 0 bridgehead atoms. The summed E-state index contributed by atoms with van der Waals surface area (Å²) >= 11 is 0. The number of carbonyl (C=O) groups is 3. The minimum Gasteiger partial charge on any atom is -0.480 e. The molecule has 2 aromatic carbocycles. The van der Waals surface area contributed by atoms with E-state index in [1.54, 1.807) is 6.92 Å². The molecule has 2 aromatic rings. The van der Waals surface area contributed by atoms with Crippen molar-refractivity contribution in [2.75, 3.05) is 6.54 Å². The van der Waals surface area contributed by atoms with Gasteiger partial charge in [-0.15, -0.1) is 0 Å². The molecule has 0 unspecified atom stereocenters. The van der Waals surface area contributed by atoms with Crippen molar-refractivity contribution in [1.82, 2.24) is 15.5 Å². The number of hydrogen-bond donors (Lipinski definition) is 4. The number of aliphatic carboxylic acids is 2. The van der Waals surface area contributed by atoms with Crippen LogP contribution >= 0.6 is 0 Å². The Labute approximate surface area is 193 Å². The highest BCUT2D eigenvalue weighted by Gasteiger charge is 2.41. The number of carboxylic acid groups (broad SMARTS) is 2.